The van der Waals surface area contributed by atoms with Crippen molar-refractivity contribution in [3.05, 3.63) is 53.1 Å². The van der Waals surface area contributed by atoms with Crippen molar-refractivity contribution >= 4 is 39.9 Å². The number of hydrogen-bond donors (Lipinski definition) is 1. The summed E-state index contributed by atoms with van der Waals surface area (Å²) in [6.45, 7) is 3.28. The fourth-order valence-corrected chi connectivity index (χ4v) is 5.13. The van der Waals surface area contributed by atoms with Crippen LogP contribution in [0.2, 0.25) is 5.02 Å². The van der Waals surface area contributed by atoms with Crippen LogP contribution < -0.4 is 10.1 Å². The van der Waals surface area contributed by atoms with E-state index in [1.54, 1.807) is 26.4 Å². The van der Waals surface area contributed by atoms with E-state index in [9.17, 15) is 9.18 Å². The highest BCUT2D eigenvalue weighted by Gasteiger charge is 2.27. The lowest BCUT2D eigenvalue weighted by Gasteiger charge is -2.28. The molecule has 3 aromatic rings. The predicted molar refractivity (Wildman–Crippen MR) is 144 cm³/mol. The van der Waals surface area contributed by atoms with Crippen LogP contribution >= 0.6 is 11.6 Å². The first-order valence-corrected chi connectivity index (χ1v) is 13.2. The van der Waals surface area contributed by atoms with Gasteiger partial charge in [-0.25, -0.2) is 14.4 Å². The Hall–Kier alpha value is -2.97. The van der Waals surface area contributed by atoms with E-state index in [1.807, 2.05) is 11.0 Å². The Bertz CT molecular complexity index is 1240. The van der Waals surface area contributed by atoms with Gasteiger partial charge in [0.15, 0.2) is 0 Å². The Morgan fingerprint density at radius 1 is 1.16 bits per heavy atom. The molecule has 9 heteroatoms. The number of halogens is 2. The third-order valence-corrected chi connectivity index (χ3v) is 7.43. The molecule has 1 saturated heterocycles. The highest BCUT2D eigenvalue weighted by atomic mass is 35.5. The topological polar surface area (TPSA) is 76.6 Å². The number of nitrogens with zero attached hydrogens (tertiary/aromatic N) is 3. The van der Waals surface area contributed by atoms with Gasteiger partial charge in [0, 0.05) is 36.8 Å². The highest BCUT2D eigenvalue weighted by molar-refractivity contribution is 6.31. The lowest BCUT2D eigenvalue weighted by Crippen LogP contribution is -2.37. The van der Waals surface area contributed by atoms with Crippen LogP contribution in [0.15, 0.2) is 36.7 Å². The SMILES string of the molecule is CCC1CCCN1C(=O)COC.COc1cc(C2CCC2)c2c(Nc3ccc(F)c(Cl)c3)ncnc2c1. The number of amides is 1. The van der Waals surface area contributed by atoms with E-state index in [0.717, 1.165) is 55.3 Å². The van der Waals surface area contributed by atoms with Gasteiger partial charge in [-0.15, -0.1) is 0 Å². The van der Waals surface area contributed by atoms with Crippen LogP contribution in [0.4, 0.5) is 15.9 Å². The van der Waals surface area contributed by atoms with Gasteiger partial charge in [0.25, 0.3) is 0 Å². The van der Waals surface area contributed by atoms with Crippen molar-refractivity contribution in [1.29, 1.82) is 0 Å². The van der Waals surface area contributed by atoms with Crippen LogP contribution in [-0.2, 0) is 9.53 Å². The van der Waals surface area contributed by atoms with Crippen molar-refractivity contribution in [2.75, 3.05) is 32.7 Å². The van der Waals surface area contributed by atoms with Crippen LogP contribution in [0.25, 0.3) is 10.9 Å². The number of benzene rings is 2. The molecule has 1 N–H and O–H groups in total. The molecule has 2 heterocycles. The van der Waals surface area contributed by atoms with Gasteiger partial charge >= 0.3 is 0 Å². The predicted octanol–water partition coefficient (Wildman–Crippen LogP) is 6.48. The second-order valence-corrected chi connectivity index (χ2v) is 9.85. The molecule has 5 rings (SSSR count). The van der Waals surface area contributed by atoms with Crippen molar-refractivity contribution < 1.29 is 18.7 Å². The summed E-state index contributed by atoms with van der Waals surface area (Å²) in [5.74, 6) is 1.67. The fourth-order valence-electron chi connectivity index (χ4n) is 4.95. The number of carbonyl (C=O) groups is 1. The van der Waals surface area contributed by atoms with Crippen molar-refractivity contribution in [1.82, 2.24) is 14.9 Å². The third kappa shape index (κ3) is 6.30. The van der Waals surface area contributed by atoms with E-state index in [-0.39, 0.29) is 17.5 Å². The van der Waals surface area contributed by atoms with Crippen molar-refractivity contribution in [2.45, 2.75) is 57.4 Å². The van der Waals surface area contributed by atoms with Crippen LogP contribution in [0.3, 0.4) is 0 Å². The smallest absolute Gasteiger partial charge is 0.248 e. The summed E-state index contributed by atoms with van der Waals surface area (Å²) in [6, 6.07) is 8.97. The normalized spacial score (nSPS) is 17.2. The first-order valence-electron chi connectivity index (χ1n) is 12.8. The van der Waals surface area contributed by atoms with Crippen molar-refractivity contribution in [2.24, 2.45) is 0 Å². The maximum atomic E-state index is 13.4. The molecule has 37 heavy (non-hydrogen) atoms. The number of hydrogen-bond acceptors (Lipinski definition) is 6. The van der Waals surface area contributed by atoms with Crippen molar-refractivity contribution in [3.63, 3.8) is 0 Å². The molecule has 1 aliphatic carbocycles. The number of anilines is 2. The molecule has 1 unspecified atom stereocenters. The zero-order chi connectivity index (χ0) is 26.4. The van der Waals surface area contributed by atoms with Gasteiger partial charge < -0.3 is 19.7 Å². The lowest BCUT2D eigenvalue weighted by atomic mass is 9.78. The van der Waals surface area contributed by atoms with Gasteiger partial charge in [-0.2, -0.15) is 0 Å². The van der Waals surface area contributed by atoms with Gasteiger partial charge in [0.05, 0.1) is 17.6 Å². The molecule has 0 bridgehead atoms. The van der Waals surface area contributed by atoms with E-state index in [4.69, 9.17) is 21.1 Å². The molecular formula is C28H34ClFN4O3. The Morgan fingerprint density at radius 3 is 2.62 bits per heavy atom. The molecule has 1 aliphatic heterocycles. The number of aromatic nitrogens is 2. The minimum atomic E-state index is -0.445. The van der Waals surface area contributed by atoms with Crippen molar-refractivity contribution in [3.8, 4) is 5.75 Å². The highest BCUT2D eigenvalue weighted by Crippen LogP contribution is 2.43. The van der Waals surface area contributed by atoms with Crippen LogP contribution in [0, 0.1) is 5.82 Å². The zero-order valence-electron chi connectivity index (χ0n) is 21.6. The minimum absolute atomic E-state index is 0.0734. The molecule has 0 spiro atoms. The largest absolute Gasteiger partial charge is 0.497 e. The standard InChI is InChI=1S/C19H17ClFN3O.C9H17NO2/c1-25-13-8-14(11-3-2-4-11)18-17(9-13)22-10-23-19(18)24-12-5-6-16(21)15(20)7-12;1-3-8-5-4-6-10(8)9(11)7-12-2/h5-11H,2-4H2,1H3,(H,22,23,24);8H,3-7H2,1-2H3. The first kappa shape index (κ1) is 27.1. The second-order valence-electron chi connectivity index (χ2n) is 9.44. The molecular weight excluding hydrogens is 495 g/mol. The molecule has 1 aromatic heterocycles. The Labute approximate surface area is 222 Å². The number of likely N-dealkylation sites (tertiary alicyclic amines) is 1. The number of rotatable bonds is 7. The minimum Gasteiger partial charge on any atom is -0.497 e. The maximum absolute atomic E-state index is 13.4. The average Bonchev–Trinajstić information content (AvgIpc) is 3.35. The van der Waals surface area contributed by atoms with Crippen LogP contribution in [-0.4, -0.2) is 54.2 Å². The monoisotopic (exact) mass is 528 g/mol. The van der Waals surface area contributed by atoms with Crippen LogP contribution in [0.5, 0.6) is 5.75 Å². The van der Waals surface area contributed by atoms with Gasteiger partial charge in [-0.1, -0.05) is 24.9 Å². The molecule has 198 valence electrons. The Balaban J connectivity index is 0.000000225. The molecule has 2 aromatic carbocycles. The number of methoxy groups -OCH3 is 2. The number of ether oxygens (including phenoxy) is 2. The number of nitrogens with one attached hydrogen (secondary N) is 1. The van der Waals surface area contributed by atoms with E-state index in [0.29, 0.717) is 23.5 Å². The summed E-state index contributed by atoms with van der Waals surface area (Å²) in [4.78, 5) is 22.2. The fraction of sp³-hybridized carbons (Fsp3) is 0.464. The summed E-state index contributed by atoms with van der Waals surface area (Å²) in [7, 11) is 3.22. The van der Waals surface area contributed by atoms with Gasteiger partial charge in [-0.05, 0) is 67.9 Å². The summed E-state index contributed by atoms with van der Waals surface area (Å²) in [5.41, 5.74) is 2.70. The summed E-state index contributed by atoms with van der Waals surface area (Å²) >= 11 is 5.89. The van der Waals surface area contributed by atoms with E-state index >= 15 is 0 Å². The zero-order valence-corrected chi connectivity index (χ0v) is 22.4. The summed E-state index contributed by atoms with van der Waals surface area (Å²) < 4.78 is 23.6. The quantitative estimate of drug-likeness (QED) is 0.378. The average molecular weight is 529 g/mol. The molecule has 1 amide bonds. The molecule has 0 radical (unpaired) electrons. The van der Waals surface area contributed by atoms with Gasteiger partial charge in [0.2, 0.25) is 5.91 Å². The van der Waals surface area contributed by atoms with E-state index < -0.39 is 5.82 Å². The van der Waals surface area contributed by atoms with Gasteiger partial charge in [-0.3, -0.25) is 4.79 Å². The Kier molecular flexibility index (Phi) is 9.16. The molecule has 7 nitrogen and oxygen atoms in total. The number of carbonyl (C=O) groups excluding carboxylic acids is 1. The van der Waals surface area contributed by atoms with E-state index in [1.165, 1.54) is 24.4 Å². The van der Waals surface area contributed by atoms with Crippen LogP contribution in [0.1, 0.15) is 56.9 Å². The van der Waals surface area contributed by atoms with Gasteiger partial charge in [0.1, 0.15) is 30.3 Å². The third-order valence-electron chi connectivity index (χ3n) is 7.14. The molecule has 2 aliphatic rings. The second kappa shape index (κ2) is 12.5. The Morgan fingerprint density at radius 2 is 1.97 bits per heavy atom. The number of fused-ring (bicyclic) bond motifs is 1. The molecule has 2 fully saturated rings. The molecule has 1 atom stereocenters. The molecule has 1 saturated carbocycles. The lowest BCUT2D eigenvalue weighted by molar-refractivity contribution is -0.136. The first-order chi connectivity index (χ1) is 17.9. The summed E-state index contributed by atoms with van der Waals surface area (Å²) in [6.07, 6.45) is 8.42. The summed E-state index contributed by atoms with van der Waals surface area (Å²) in [5, 5.41) is 4.31. The van der Waals surface area contributed by atoms with E-state index in [2.05, 4.69) is 28.3 Å². The maximum Gasteiger partial charge on any atom is 0.248 e.